The second-order valence-corrected chi connectivity index (χ2v) is 52.7. The number of benzene rings is 3. The second kappa shape index (κ2) is 33.5. The van der Waals surface area contributed by atoms with Crippen molar-refractivity contribution in [1.82, 2.24) is 38.2 Å². The molecule has 3 aromatic carbocycles. The van der Waals surface area contributed by atoms with Crippen molar-refractivity contribution in [2.75, 3.05) is 26.4 Å². The van der Waals surface area contributed by atoms with Crippen molar-refractivity contribution < 1.29 is 29.0 Å². The van der Waals surface area contributed by atoms with Gasteiger partial charge in [0.05, 0.1) is 59.5 Å². The van der Waals surface area contributed by atoms with Crippen LogP contribution in [0.1, 0.15) is 97.8 Å². The molecule has 0 unspecified atom stereocenters. The van der Waals surface area contributed by atoms with Crippen LogP contribution in [-0.2, 0) is 45.9 Å². The van der Waals surface area contributed by atoms with Gasteiger partial charge in [-0.1, -0.05) is 170 Å². The van der Waals surface area contributed by atoms with Crippen LogP contribution in [0, 0.1) is 0 Å². The third-order valence-electron chi connectivity index (χ3n) is 15.3. The highest BCUT2D eigenvalue weighted by molar-refractivity contribution is 9.10. The Morgan fingerprint density at radius 3 is 1.22 bits per heavy atom. The lowest BCUT2D eigenvalue weighted by atomic mass is 9.81. The zero-order valence-corrected chi connectivity index (χ0v) is 61.5. The van der Waals surface area contributed by atoms with Crippen molar-refractivity contribution in [1.29, 1.82) is 0 Å². The molecule has 4 aliphatic carbocycles. The Kier molecular flexibility index (Phi) is 27.2. The topological polar surface area (TPSA) is 149 Å². The van der Waals surface area contributed by atoms with Crippen LogP contribution in [0.2, 0.25) is 103 Å². The fraction of sp³-hybridized carbons (Fsp3) is 0.545. The van der Waals surface area contributed by atoms with Crippen LogP contribution in [0.3, 0.4) is 0 Å². The molecule has 0 radical (unpaired) electrons. The van der Waals surface area contributed by atoms with Crippen LogP contribution in [0.25, 0.3) is 22.5 Å². The van der Waals surface area contributed by atoms with E-state index in [-0.39, 0.29) is 0 Å². The molecule has 0 bridgehead atoms. The first-order valence-electron chi connectivity index (χ1n) is 31.7. The van der Waals surface area contributed by atoms with Crippen LogP contribution < -0.4 is 5.46 Å². The highest BCUT2D eigenvalue weighted by Crippen LogP contribution is 2.46. The predicted molar refractivity (Wildman–Crippen MR) is 376 cm³/mol. The normalized spacial score (nSPS) is 15.1. The Labute approximate surface area is 542 Å². The highest BCUT2D eigenvalue weighted by atomic mass is 79.9. The molecule has 0 atom stereocenters. The molecule has 474 valence electrons. The number of hydrogen-bond donors (Lipinski definition) is 2. The van der Waals surface area contributed by atoms with Gasteiger partial charge in [0.25, 0.3) is 0 Å². The summed E-state index contributed by atoms with van der Waals surface area (Å²) in [5, 5.41) is 17.2. The lowest BCUT2D eigenvalue weighted by Gasteiger charge is -2.16. The van der Waals surface area contributed by atoms with Gasteiger partial charge in [-0.15, -0.1) is 0 Å². The lowest BCUT2D eigenvalue weighted by molar-refractivity contribution is 0.0852. The standard InChI is InChI=1S/2C18H26N2OSi.2C12H21BrN2OSi.C6H7BO2/c1-22(2,3)12-11-21-14-20-13-19-17(15-9-10-15)18(20)16-7-5-4-6-8-16;1-22(2,3)12-11-21-14-20-13-19-17(18(20)16-9-10-16)15-7-5-4-6-8-15;1-17(2,3)7-6-16-9-15-8-14-12(13)11(15)10-4-5-10;1-17(2,3)7-6-16-9-15-8-14-11(12(15)13)10-4-5-10;8-7(9)6-4-2-1-3-5-6/h4-8,13,15H,9-12,14H2,1-3H3;4-8,13,16H,9-12,14H2,1-3H3;2*8,10H,4-7,9H2,1-3H3;1-5,8-9H. The summed E-state index contributed by atoms with van der Waals surface area (Å²) in [5.74, 6) is 2.71. The number of imidazole rings is 4. The molecule has 7 aromatic rings. The molecule has 87 heavy (non-hydrogen) atoms. The van der Waals surface area contributed by atoms with E-state index >= 15 is 0 Å². The SMILES string of the molecule is C[Si](C)(C)CCOCn1cnc(-c2ccccc2)c1C1CC1.C[Si](C)(C)CCOCn1cnc(Br)c1C1CC1.C[Si](C)(C)CCOCn1cnc(C2CC2)c1-c1ccccc1.C[Si](C)(C)CCOCn1cnc(C2CC2)c1Br.OB(O)c1ccccc1. The van der Waals surface area contributed by atoms with E-state index in [0.29, 0.717) is 56.1 Å². The summed E-state index contributed by atoms with van der Waals surface area (Å²) in [6.07, 6.45) is 17.9. The first kappa shape index (κ1) is 70.6. The van der Waals surface area contributed by atoms with Crippen molar-refractivity contribution in [2.45, 2.75) is 205 Å². The molecule has 0 aliphatic heterocycles. The molecule has 4 aliphatic rings. The van der Waals surface area contributed by atoms with Crippen molar-refractivity contribution >= 4 is 76.7 Å². The first-order chi connectivity index (χ1) is 41.3. The molecule has 4 saturated carbocycles. The second-order valence-electron chi connectivity index (χ2n) is 28.7. The van der Waals surface area contributed by atoms with Gasteiger partial charge in [0.2, 0.25) is 0 Å². The number of ether oxygens (including phenoxy) is 4. The van der Waals surface area contributed by atoms with E-state index in [1.54, 1.807) is 24.3 Å². The Morgan fingerprint density at radius 2 is 0.782 bits per heavy atom. The molecule has 11 rings (SSSR count). The van der Waals surface area contributed by atoms with Gasteiger partial charge < -0.3 is 47.3 Å². The minimum Gasteiger partial charge on any atom is -0.423 e. The Morgan fingerprint density at radius 1 is 0.425 bits per heavy atom. The van der Waals surface area contributed by atoms with Gasteiger partial charge in [0, 0.05) is 93.5 Å². The van der Waals surface area contributed by atoms with Crippen molar-refractivity contribution in [2.24, 2.45) is 0 Å². The number of rotatable bonds is 27. The average Bonchev–Trinajstić information content (AvgIpc) is 4.41. The molecule has 4 heterocycles. The van der Waals surface area contributed by atoms with Crippen LogP contribution in [0.5, 0.6) is 0 Å². The van der Waals surface area contributed by atoms with E-state index in [1.165, 1.54) is 115 Å². The fourth-order valence-corrected chi connectivity index (χ4v) is 13.6. The Bertz CT molecular complexity index is 3110. The van der Waals surface area contributed by atoms with Crippen LogP contribution in [-0.4, -0.2) is 114 Å². The Hall–Kier alpha value is -3.85. The van der Waals surface area contributed by atoms with Crippen LogP contribution in [0.15, 0.2) is 126 Å². The number of hydrogen-bond acceptors (Lipinski definition) is 10. The molecule has 2 N–H and O–H groups in total. The molecule has 14 nitrogen and oxygen atoms in total. The zero-order chi connectivity index (χ0) is 62.8. The zero-order valence-electron chi connectivity index (χ0n) is 54.4. The first-order valence-corrected chi connectivity index (χ1v) is 48.1. The third kappa shape index (κ3) is 25.4. The smallest absolute Gasteiger partial charge is 0.423 e. The van der Waals surface area contributed by atoms with Crippen LogP contribution >= 0.6 is 31.9 Å². The number of aromatic nitrogens is 8. The van der Waals surface area contributed by atoms with E-state index in [0.717, 1.165) is 41.3 Å². The minimum absolute atomic E-state index is 0.525. The van der Waals surface area contributed by atoms with Crippen molar-refractivity contribution in [3.63, 3.8) is 0 Å². The van der Waals surface area contributed by atoms with Gasteiger partial charge in [-0.25, -0.2) is 19.9 Å². The summed E-state index contributed by atoms with van der Waals surface area (Å²) in [6, 6.07) is 34.6. The molecule has 4 aromatic heterocycles. The van der Waals surface area contributed by atoms with Gasteiger partial charge >= 0.3 is 7.12 Å². The predicted octanol–water partition coefficient (Wildman–Crippen LogP) is 16.5. The Balaban J connectivity index is 0.000000159. The van der Waals surface area contributed by atoms with Crippen molar-refractivity contribution in [3.8, 4) is 22.5 Å². The van der Waals surface area contributed by atoms with Gasteiger partial charge in [-0.05, 0) is 113 Å². The molecule has 0 amide bonds. The van der Waals surface area contributed by atoms with E-state index in [9.17, 15) is 0 Å². The summed E-state index contributed by atoms with van der Waals surface area (Å²) < 4.78 is 34.0. The van der Waals surface area contributed by atoms with E-state index in [1.807, 2.05) is 31.4 Å². The maximum absolute atomic E-state index is 8.58. The minimum atomic E-state index is -1.34. The van der Waals surface area contributed by atoms with E-state index in [2.05, 4.69) is 209 Å². The van der Waals surface area contributed by atoms with Crippen LogP contribution in [0.4, 0.5) is 0 Å². The third-order valence-corrected chi connectivity index (χ3v) is 23.6. The summed E-state index contributed by atoms with van der Waals surface area (Å²) in [6.45, 7) is 34.5. The van der Waals surface area contributed by atoms with Gasteiger partial charge in [-0.3, -0.25) is 0 Å². The quantitative estimate of drug-likeness (QED) is 0.0376. The van der Waals surface area contributed by atoms with Gasteiger partial charge in [0.1, 0.15) is 36.1 Å². The summed E-state index contributed by atoms with van der Waals surface area (Å²) in [4.78, 5) is 18.1. The molecular formula is C66H101BBr2N8O6Si4. The molecule has 0 spiro atoms. The van der Waals surface area contributed by atoms with Crippen molar-refractivity contribution in [3.05, 3.63) is 148 Å². The number of nitrogens with zero attached hydrogens (tertiary/aromatic N) is 8. The molecule has 21 heteroatoms. The van der Waals surface area contributed by atoms with E-state index in [4.69, 9.17) is 29.0 Å². The summed E-state index contributed by atoms with van der Waals surface area (Å²) in [7, 11) is -5.33. The molecular weight excluding hydrogens is 1280 g/mol. The number of halogens is 2. The largest absolute Gasteiger partial charge is 0.488 e. The van der Waals surface area contributed by atoms with E-state index < -0.39 is 39.4 Å². The summed E-state index contributed by atoms with van der Waals surface area (Å²) >= 11 is 7.13. The van der Waals surface area contributed by atoms with Gasteiger partial charge in [0.15, 0.2) is 0 Å². The lowest BCUT2D eigenvalue weighted by Crippen LogP contribution is -2.29. The maximum atomic E-state index is 8.58. The molecule has 0 saturated heterocycles. The highest BCUT2D eigenvalue weighted by Gasteiger charge is 2.33. The fourth-order valence-electron chi connectivity index (χ4n) is 9.28. The molecule has 4 fully saturated rings. The van der Waals surface area contributed by atoms with Gasteiger partial charge in [-0.2, -0.15) is 0 Å². The summed E-state index contributed by atoms with van der Waals surface area (Å²) in [5.41, 5.74) is 10.5. The maximum Gasteiger partial charge on any atom is 0.488 e. The average molecular weight is 1390 g/mol. The monoisotopic (exact) mass is 1380 g/mol.